The first-order chi connectivity index (χ1) is 9.91. The van der Waals surface area contributed by atoms with E-state index in [9.17, 15) is 8.42 Å². The molecule has 2 aromatic rings. The van der Waals surface area contributed by atoms with Gasteiger partial charge < -0.3 is 4.42 Å². The van der Waals surface area contributed by atoms with Gasteiger partial charge in [0.25, 0.3) is 10.2 Å². The van der Waals surface area contributed by atoms with Gasteiger partial charge in [0, 0.05) is 25.5 Å². The summed E-state index contributed by atoms with van der Waals surface area (Å²) in [6.45, 7) is 6.41. The fourth-order valence-corrected chi connectivity index (χ4v) is 3.84. The Morgan fingerprint density at radius 2 is 1.81 bits per heavy atom. The Labute approximate surface area is 126 Å². The van der Waals surface area contributed by atoms with Gasteiger partial charge in [-0.05, 0) is 19.1 Å². The van der Waals surface area contributed by atoms with Gasteiger partial charge in [0.15, 0.2) is 0 Å². The monoisotopic (exact) mass is 310 g/mol. The van der Waals surface area contributed by atoms with Crippen molar-refractivity contribution in [3.05, 3.63) is 36.1 Å². The zero-order valence-corrected chi connectivity index (χ0v) is 13.7. The minimum absolute atomic E-state index is 0.358. The molecule has 0 fully saturated rings. The van der Waals surface area contributed by atoms with E-state index in [0.717, 1.165) is 11.0 Å². The molecule has 0 aliphatic heterocycles. The van der Waals surface area contributed by atoms with Crippen LogP contribution in [-0.4, -0.2) is 37.2 Å². The molecule has 0 spiro atoms. The highest BCUT2D eigenvalue weighted by Gasteiger charge is 2.30. The Morgan fingerprint density at radius 3 is 2.38 bits per heavy atom. The van der Waals surface area contributed by atoms with Gasteiger partial charge in [0.05, 0.1) is 6.04 Å². The Morgan fingerprint density at radius 1 is 1.19 bits per heavy atom. The highest BCUT2D eigenvalue weighted by molar-refractivity contribution is 7.86. The Balaban J connectivity index is 2.32. The van der Waals surface area contributed by atoms with Crippen LogP contribution in [0.5, 0.6) is 0 Å². The van der Waals surface area contributed by atoms with Crippen molar-refractivity contribution in [2.24, 2.45) is 0 Å². The number of benzene rings is 1. The van der Waals surface area contributed by atoms with Crippen LogP contribution >= 0.6 is 0 Å². The lowest BCUT2D eigenvalue weighted by Gasteiger charge is -2.28. The van der Waals surface area contributed by atoms with E-state index in [1.54, 1.807) is 7.05 Å². The SMILES string of the molecule is CCN(CC)S(=O)(=O)N(C)C(C)c1cc2ccccc2o1. The van der Waals surface area contributed by atoms with Crippen LogP contribution in [0.2, 0.25) is 0 Å². The van der Waals surface area contributed by atoms with Crippen molar-refractivity contribution in [2.45, 2.75) is 26.8 Å². The third kappa shape index (κ3) is 2.97. The maximum absolute atomic E-state index is 12.5. The van der Waals surface area contributed by atoms with Crippen molar-refractivity contribution >= 4 is 21.2 Å². The summed E-state index contributed by atoms with van der Waals surface area (Å²) >= 11 is 0. The second-order valence-corrected chi connectivity index (χ2v) is 6.96. The molecule has 5 nitrogen and oxygen atoms in total. The van der Waals surface area contributed by atoms with Gasteiger partial charge in [-0.15, -0.1) is 0 Å². The number of fused-ring (bicyclic) bond motifs is 1. The van der Waals surface area contributed by atoms with Crippen LogP contribution < -0.4 is 0 Å². The average molecular weight is 310 g/mol. The molecular formula is C15H22N2O3S. The maximum atomic E-state index is 12.5. The van der Waals surface area contributed by atoms with E-state index in [4.69, 9.17) is 4.42 Å². The lowest BCUT2D eigenvalue weighted by molar-refractivity contribution is 0.312. The van der Waals surface area contributed by atoms with Crippen LogP contribution in [0.25, 0.3) is 11.0 Å². The van der Waals surface area contributed by atoms with Gasteiger partial charge in [0.1, 0.15) is 11.3 Å². The van der Waals surface area contributed by atoms with E-state index in [2.05, 4.69) is 0 Å². The smallest absolute Gasteiger partial charge is 0.282 e. The van der Waals surface area contributed by atoms with Gasteiger partial charge >= 0.3 is 0 Å². The summed E-state index contributed by atoms with van der Waals surface area (Å²) in [6.07, 6.45) is 0. The van der Waals surface area contributed by atoms with Crippen molar-refractivity contribution in [1.29, 1.82) is 0 Å². The topological polar surface area (TPSA) is 53.8 Å². The zero-order chi connectivity index (χ0) is 15.6. The van der Waals surface area contributed by atoms with Crippen LogP contribution in [0.15, 0.2) is 34.7 Å². The first kappa shape index (κ1) is 16.0. The number of hydrogen-bond acceptors (Lipinski definition) is 3. The number of para-hydroxylation sites is 1. The van der Waals surface area contributed by atoms with Crippen LogP contribution in [0.4, 0.5) is 0 Å². The Bertz CT molecular complexity index is 672. The molecule has 0 aliphatic rings. The third-order valence-corrected chi connectivity index (χ3v) is 6.01. The predicted molar refractivity (Wildman–Crippen MR) is 84.2 cm³/mol. The molecule has 0 amide bonds. The summed E-state index contributed by atoms with van der Waals surface area (Å²) in [6, 6.07) is 9.20. The summed E-state index contributed by atoms with van der Waals surface area (Å²) in [5.74, 6) is 0.648. The number of rotatable bonds is 6. The van der Waals surface area contributed by atoms with Crippen LogP contribution in [0.1, 0.15) is 32.6 Å². The Hall–Kier alpha value is -1.37. The molecule has 0 N–H and O–H groups in total. The molecule has 0 aliphatic carbocycles. The molecule has 2 rings (SSSR count). The minimum Gasteiger partial charge on any atom is -0.459 e. The summed E-state index contributed by atoms with van der Waals surface area (Å²) in [7, 11) is -1.89. The molecule has 21 heavy (non-hydrogen) atoms. The molecule has 0 saturated heterocycles. The molecule has 6 heteroatoms. The molecule has 1 atom stereocenters. The zero-order valence-electron chi connectivity index (χ0n) is 12.9. The van der Waals surface area contributed by atoms with Gasteiger partial charge in [-0.3, -0.25) is 0 Å². The van der Waals surface area contributed by atoms with Crippen LogP contribution in [0, 0.1) is 0 Å². The van der Waals surface area contributed by atoms with Crippen LogP contribution in [0.3, 0.4) is 0 Å². The summed E-state index contributed by atoms with van der Waals surface area (Å²) in [5.41, 5.74) is 0.771. The summed E-state index contributed by atoms with van der Waals surface area (Å²) in [5, 5.41) is 0.980. The summed E-state index contributed by atoms with van der Waals surface area (Å²) in [4.78, 5) is 0. The van der Waals surface area contributed by atoms with Gasteiger partial charge in [-0.25, -0.2) is 0 Å². The second kappa shape index (κ2) is 6.17. The normalized spacial score (nSPS) is 14.2. The molecule has 0 saturated carbocycles. The van der Waals surface area contributed by atoms with E-state index in [-0.39, 0.29) is 6.04 Å². The van der Waals surface area contributed by atoms with Crippen LogP contribution in [-0.2, 0) is 10.2 Å². The number of hydrogen-bond donors (Lipinski definition) is 0. The van der Waals surface area contributed by atoms with E-state index in [0.29, 0.717) is 18.8 Å². The van der Waals surface area contributed by atoms with Gasteiger partial charge in [0.2, 0.25) is 0 Å². The second-order valence-electron chi connectivity index (χ2n) is 4.97. The lowest BCUT2D eigenvalue weighted by atomic mass is 10.2. The molecule has 1 unspecified atom stereocenters. The average Bonchev–Trinajstić information content (AvgIpc) is 2.90. The summed E-state index contributed by atoms with van der Waals surface area (Å²) < 4.78 is 33.6. The fraction of sp³-hybridized carbons (Fsp3) is 0.467. The van der Waals surface area contributed by atoms with E-state index in [1.807, 2.05) is 51.1 Å². The fourth-order valence-electron chi connectivity index (χ4n) is 2.32. The predicted octanol–water partition coefficient (Wildman–Crippen LogP) is 3.01. The molecule has 1 aromatic heterocycles. The van der Waals surface area contributed by atoms with E-state index in [1.165, 1.54) is 8.61 Å². The molecule has 0 bridgehead atoms. The van der Waals surface area contributed by atoms with Crippen molar-refractivity contribution < 1.29 is 12.8 Å². The molecule has 1 heterocycles. The number of furan rings is 1. The highest BCUT2D eigenvalue weighted by atomic mass is 32.2. The van der Waals surface area contributed by atoms with Gasteiger partial charge in [-0.1, -0.05) is 32.0 Å². The van der Waals surface area contributed by atoms with Crippen molar-refractivity contribution in [3.8, 4) is 0 Å². The third-order valence-electron chi connectivity index (χ3n) is 3.80. The van der Waals surface area contributed by atoms with Crippen molar-refractivity contribution in [1.82, 2.24) is 8.61 Å². The highest BCUT2D eigenvalue weighted by Crippen LogP contribution is 2.28. The standard InChI is InChI=1S/C15H22N2O3S/c1-5-17(6-2)21(18,19)16(4)12(3)15-11-13-9-7-8-10-14(13)20-15/h7-12H,5-6H2,1-4H3. The van der Waals surface area contributed by atoms with Gasteiger partial charge in [-0.2, -0.15) is 17.0 Å². The number of nitrogens with zero attached hydrogens (tertiary/aromatic N) is 2. The van der Waals surface area contributed by atoms with E-state index >= 15 is 0 Å². The molecule has 0 radical (unpaired) electrons. The Kier molecular flexibility index (Phi) is 4.70. The largest absolute Gasteiger partial charge is 0.459 e. The van der Waals surface area contributed by atoms with E-state index < -0.39 is 10.2 Å². The lowest BCUT2D eigenvalue weighted by Crippen LogP contribution is -2.42. The first-order valence-corrected chi connectivity index (χ1v) is 8.53. The van der Waals surface area contributed by atoms with Crippen molar-refractivity contribution in [3.63, 3.8) is 0 Å². The molecule has 1 aromatic carbocycles. The first-order valence-electron chi connectivity index (χ1n) is 7.13. The molecular weight excluding hydrogens is 288 g/mol. The van der Waals surface area contributed by atoms with Crippen molar-refractivity contribution in [2.75, 3.05) is 20.1 Å². The maximum Gasteiger partial charge on any atom is 0.282 e. The minimum atomic E-state index is -3.48. The quantitative estimate of drug-likeness (QED) is 0.824. The molecule has 116 valence electrons.